The molecular formula is C15H26N2O2. The molecule has 0 unspecified atom stereocenters. The Hall–Kier alpha value is -1.13. The summed E-state index contributed by atoms with van der Waals surface area (Å²) in [6.45, 7) is 11.2. The highest BCUT2D eigenvalue weighted by molar-refractivity contribution is 5.25. The monoisotopic (exact) mass is 266 g/mol. The van der Waals surface area contributed by atoms with Crippen LogP contribution >= 0.6 is 0 Å². The minimum atomic E-state index is 0.447. The third-order valence-corrected chi connectivity index (χ3v) is 2.47. The summed E-state index contributed by atoms with van der Waals surface area (Å²) in [5.74, 6) is 1.25. The maximum Gasteiger partial charge on any atom is 0.217 e. The fourth-order valence-electron chi connectivity index (χ4n) is 1.52. The number of hydrogen-bond donors (Lipinski definition) is 1. The fourth-order valence-corrected chi connectivity index (χ4v) is 1.52. The van der Waals surface area contributed by atoms with Crippen molar-refractivity contribution in [1.29, 1.82) is 0 Å². The topological polar surface area (TPSA) is 43.4 Å². The molecule has 0 atom stereocenters. The average molecular weight is 266 g/mol. The quantitative estimate of drug-likeness (QED) is 0.698. The summed E-state index contributed by atoms with van der Waals surface area (Å²) in [4.78, 5) is 4.27. The molecule has 4 nitrogen and oxygen atoms in total. The van der Waals surface area contributed by atoms with Crippen LogP contribution < -0.4 is 10.1 Å². The van der Waals surface area contributed by atoms with Gasteiger partial charge < -0.3 is 14.8 Å². The van der Waals surface area contributed by atoms with Crippen molar-refractivity contribution in [3.63, 3.8) is 0 Å². The van der Waals surface area contributed by atoms with Gasteiger partial charge in [0.25, 0.3) is 0 Å². The van der Waals surface area contributed by atoms with E-state index in [1.54, 1.807) is 6.20 Å². The van der Waals surface area contributed by atoms with E-state index in [9.17, 15) is 0 Å². The van der Waals surface area contributed by atoms with Crippen LogP contribution in [0.25, 0.3) is 0 Å². The molecule has 0 aliphatic heterocycles. The zero-order chi connectivity index (χ0) is 14.1. The van der Waals surface area contributed by atoms with Crippen LogP contribution in [0.3, 0.4) is 0 Å². The molecule has 0 aliphatic carbocycles. The van der Waals surface area contributed by atoms with E-state index in [1.165, 1.54) is 0 Å². The first-order valence-corrected chi connectivity index (χ1v) is 6.97. The third kappa shape index (κ3) is 7.13. The minimum absolute atomic E-state index is 0.447. The van der Waals surface area contributed by atoms with Crippen molar-refractivity contribution in [2.24, 2.45) is 5.92 Å². The van der Waals surface area contributed by atoms with Gasteiger partial charge in [0.05, 0.1) is 6.61 Å². The van der Waals surface area contributed by atoms with Crippen LogP contribution in [-0.2, 0) is 11.3 Å². The Morgan fingerprint density at radius 2 is 2.00 bits per heavy atom. The first kappa shape index (κ1) is 15.9. The Kier molecular flexibility index (Phi) is 7.45. The van der Waals surface area contributed by atoms with Crippen molar-refractivity contribution in [3.8, 4) is 5.88 Å². The Balaban J connectivity index is 2.35. The Bertz CT molecular complexity index is 354. The van der Waals surface area contributed by atoms with Gasteiger partial charge in [-0.1, -0.05) is 33.8 Å². The van der Waals surface area contributed by atoms with E-state index in [-0.39, 0.29) is 0 Å². The highest BCUT2D eigenvalue weighted by Gasteiger charge is 2.05. The number of aromatic nitrogens is 1. The predicted molar refractivity (Wildman–Crippen MR) is 77.4 cm³/mol. The van der Waals surface area contributed by atoms with Gasteiger partial charge in [-0.05, 0) is 12.0 Å². The summed E-state index contributed by atoms with van der Waals surface area (Å²) in [6.07, 6.45) is 1.75. The predicted octanol–water partition coefficient (Wildman–Crippen LogP) is 2.63. The molecule has 0 aromatic carbocycles. The van der Waals surface area contributed by atoms with Crippen molar-refractivity contribution < 1.29 is 9.47 Å². The van der Waals surface area contributed by atoms with Crippen LogP contribution in [0.4, 0.5) is 0 Å². The SMILES string of the molecule is CC(C)COCCOc1ncccc1CNC(C)C. The van der Waals surface area contributed by atoms with E-state index >= 15 is 0 Å². The number of hydrogen-bond acceptors (Lipinski definition) is 4. The standard InChI is InChI=1S/C15H26N2O2/c1-12(2)11-18-8-9-19-15-14(6-5-7-16-15)10-17-13(3)4/h5-7,12-13,17H,8-11H2,1-4H3. The molecule has 0 saturated heterocycles. The molecule has 1 heterocycles. The number of nitrogens with one attached hydrogen (secondary N) is 1. The van der Waals surface area contributed by atoms with Gasteiger partial charge >= 0.3 is 0 Å². The van der Waals surface area contributed by atoms with Gasteiger partial charge in [-0.15, -0.1) is 0 Å². The molecule has 1 rings (SSSR count). The van der Waals surface area contributed by atoms with Crippen LogP contribution in [0.1, 0.15) is 33.3 Å². The maximum absolute atomic E-state index is 5.68. The van der Waals surface area contributed by atoms with Crippen LogP contribution in [0.5, 0.6) is 5.88 Å². The number of ether oxygens (including phenoxy) is 2. The lowest BCUT2D eigenvalue weighted by Crippen LogP contribution is -2.22. The van der Waals surface area contributed by atoms with Gasteiger partial charge in [0, 0.05) is 31.0 Å². The van der Waals surface area contributed by atoms with Gasteiger partial charge in [-0.2, -0.15) is 0 Å². The van der Waals surface area contributed by atoms with Crippen molar-refractivity contribution in [3.05, 3.63) is 23.9 Å². The fraction of sp³-hybridized carbons (Fsp3) is 0.667. The average Bonchev–Trinajstić information content (AvgIpc) is 2.36. The molecule has 0 amide bonds. The second-order valence-corrected chi connectivity index (χ2v) is 5.32. The van der Waals surface area contributed by atoms with E-state index in [1.807, 2.05) is 12.1 Å². The normalized spacial score (nSPS) is 11.3. The Morgan fingerprint density at radius 3 is 2.68 bits per heavy atom. The Morgan fingerprint density at radius 1 is 1.21 bits per heavy atom. The number of nitrogens with zero attached hydrogens (tertiary/aromatic N) is 1. The highest BCUT2D eigenvalue weighted by Crippen LogP contribution is 2.14. The largest absolute Gasteiger partial charge is 0.475 e. The van der Waals surface area contributed by atoms with Crippen LogP contribution in [-0.4, -0.2) is 30.8 Å². The lowest BCUT2D eigenvalue weighted by atomic mass is 10.2. The van der Waals surface area contributed by atoms with Gasteiger partial charge in [0.2, 0.25) is 5.88 Å². The molecule has 108 valence electrons. The lowest BCUT2D eigenvalue weighted by molar-refractivity contribution is 0.0803. The molecule has 0 aliphatic rings. The van der Waals surface area contributed by atoms with Crippen LogP contribution in [0.15, 0.2) is 18.3 Å². The molecule has 1 N–H and O–H groups in total. The molecule has 4 heteroatoms. The van der Waals surface area contributed by atoms with Crippen LogP contribution in [0.2, 0.25) is 0 Å². The van der Waals surface area contributed by atoms with Crippen LogP contribution in [0, 0.1) is 5.92 Å². The third-order valence-electron chi connectivity index (χ3n) is 2.47. The molecule has 0 fully saturated rings. The molecule has 0 bridgehead atoms. The van der Waals surface area contributed by atoms with Gasteiger partial charge in [-0.25, -0.2) is 4.98 Å². The summed E-state index contributed by atoms with van der Waals surface area (Å²) in [6, 6.07) is 4.41. The van der Waals surface area contributed by atoms with E-state index in [2.05, 4.69) is 38.0 Å². The van der Waals surface area contributed by atoms with E-state index in [0.29, 0.717) is 31.1 Å². The smallest absolute Gasteiger partial charge is 0.217 e. The molecular weight excluding hydrogens is 240 g/mol. The Labute approximate surface area is 116 Å². The summed E-state index contributed by atoms with van der Waals surface area (Å²) >= 11 is 0. The zero-order valence-corrected chi connectivity index (χ0v) is 12.5. The molecule has 19 heavy (non-hydrogen) atoms. The van der Waals surface area contributed by atoms with Crippen molar-refractivity contribution in [2.45, 2.75) is 40.3 Å². The molecule has 1 aromatic heterocycles. The van der Waals surface area contributed by atoms with E-state index in [0.717, 1.165) is 18.7 Å². The van der Waals surface area contributed by atoms with Crippen molar-refractivity contribution in [1.82, 2.24) is 10.3 Å². The summed E-state index contributed by atoms with van der Waals surface area (Å²) < 4.78 is 11.2. The second-order valence-electron chi connectivity index (χ2n) is 5.32. The number of rotatable bonds is 9. The highest BCUT2D eigenvalue weighted by atomic mass is 16.5. The van der Waals surface area contributed by atoms with E-state index < -0.39 is 0 Å². The summed E-state index contributed by atoms with van der Waals surface area (Å²) in [7, 11) is 0. The molecule has 0 saturated carbocycles. The van der Waals surface area contributed by atoms with E-state index in [4.69, 9.17) is 9.47 Å². The van der Waals surface area contributed by atoms with Crippen molar-refractivity contribution >= 4 is 0 Å². The van der Waals surface area contributed by atoms with Gasteiger partial charge in [0.1, 0.15) is 6.61 Å². The van der Waals surface area contributed by atoms with Gasteiger partial charge in [0.15, 0.2) is 0 Å². The lowest BCUT2D eigenvalue weighted by Gasteiger charge is -2.13. The molecule has 0 radical (unpaired) electrons. The summed E-state index contributed by atoms with van der Waals surface area (Å²) in [5, 5.41) is 3.37. The first-order chi connectivity index (χ1) is 9.09. The maximum atomic E-state index is 5.68. The number of pyridine rings is 1. The zero-order valence-electron chi connectivity index (χ0n) is 12.5. The molecule has 1 aromatic rings. The van der Waals surface area contributed by atoms with Gasteiger partial charge in [-0.3, -0.25) is 0 Å². The molecule has 0 spiro atoms. The minimum Gasteiger partial charge on any atom is -0.475 e. The summed E-state index contributed by atoms with van der Waals surface area (Å²) in [5.41, 5.74) is 1.08. The first-order valence-electron chi connectivity index (χ1n) is 6.97. The second kappa shape index (κ2) is 8.88. The van der Waals surface area contributed by atoms with Crippen molar-refractivity contribution in [2.75, 3.05) is 19.8 Å².